The van der Waals surface area contributed by atoms with Crippen molar-refractivity contribution in [2.24, 2.45) is 0 Å². The van der Waals surface area contributed by atoms with Crippen LogP contribution in [0.15, 0.2) is 194 Å². The average molecular weight is 661 g/mol. The lowest BCUT2D eigenvalue weighted by atomic mass is 9.89. The van der Waals surface area contributed by atoms with Crippen molar-refractivity contribution in [1.82, 2.24) is 9.97 Å². The molecule has 0 unspecified atom stereocenters. The molecule has 2 heteroatoms. The zero-order valence-corrected chi connectivity index (χ0v) is 28.4. The van der Waals surface area contributed by atoms with Crippen LogP contribution in [0.5, 0.6) is 0 Å². The van der Waals surface area contributed by atoms with Crippen LogP contribution >= 0.6 is 0 Å². The Bertz CT molecular complexity index is 2940. The van der Waals surface area contributed by atoms with Gasteiger partial charge in [-0.25, -0.2) is 9.97 Å². The highest BCUT2D eigenvalue weighted by Crippen LogP contribution is 2.40. The van der Waals surface area contributed by atoms with Crippen molar-refractivity contribution >= 4 is 43.1 Å². The molecule has 0 amide bonds. The molecule has 0 radical (unpaired) electrons. The smallest absolute Gasteiger partial charge is 0.160 e. The van der Waals surface area contributed by atoms with Crippen molar-refractivity contribution < 1.29 is 0 Å². The fraction of sp³-hybridized carbons (Fsp3) is 0. The van der Waals surface area contributed by atoms with Gasteiger partial charge in [-0.15, -0.1) is 0 Å². The monoisotopic (exact) mass is 660 g/mol. The molecule has 0 saturated carbocycles. The van der Waals surface area contributed by atoms with Crippen LogP contribution in [0.25, 0.3) is 99.2 Å². The molecule has 0 aliphatic heterocycles. The third kappa shape index (κ3) is 5.30. The fourth-order valence-electron chi connectivity index (χ4n) is 7.63. The summed E-state index contributed by atoms with van der Waals surface area (Å²) in [5.74, 6) is 0.709. The maximum absolute atomic E-state index is 5.14. The van der Waals surface area contributed by atoms with Crippen molar-refractivity contribution in [2.45, 2.75) is 0 Å². The van der Waals surface area contributed by atoms with Gasteiger partial charge >= 0.3 is 0 Å². The predicted octanol–water partition coefficient (Wildman–Crippen LogP) is 13.4. The van der Waals surface area contributed by atoms with E-state index in [4.69, 9.17) is 9.97 Å². The first-order chi connectivity index (χ1) is 25.7. The van der Waals surface area contributed by atoms with Gasteiger partial charge in [-0.05, 0) is 89.6 Å². The highest BCUT2D eigenvalue weighted by Gasteiger charge is 2.15. The molecule has 0 aliphatic rings. The molecule has 9 aromatic carbocycles. The molecule has 0 fully saturated rings. The summed E-state index contributed by atoms with van der Waals surface area (Å²) in [6.07, 6.45) is 0. The number of fused-ring (bicyclic) bond motifs is 5. The molecule has 1 heterocycles. The fourth-order valence-corrected chi connectivity index (χ4v) is 7.63. The van der Waals surface area contributed by atoms with Crippen LogP contribution < -0.4 is 0 Å². The van der Waals surface area contributed by atoms with E-state index in [0.29, 0.717) is 5.82 Å². The molecule has 0 spiro atoms. The largest absolute Gasteiger partial charge is 0.228 e. The quantitative estimate of drug-likeness (QED) is 0.136. The van der Waals surface area contributed by atoms with E-state index in [0.717, 1.165) is 33.6 Å². The third-order valence-corrected chi connectivity index (χ3v) is 10.2. The Hall–Kier alpha value is -6.90. The second-order valence-corrected chi connectivity index (χ2v) is 13.4. The minimum atomic E-state index is 0.709. The summed E-state index contributed by atoms with van der Waals surface area (Å²) in [5, 5.41) is 10.0. The number of benzene rings is 9. The molecular weight excluding hydrogens is 629 g/mol. The Morgan fingerprint density at radius 3 is 1.65 bits per heavy atom. The van der Waals surface area contributed by atoms with Crippen LogP contribution in [-0.4, -0.2) is 9.97 Å². The van der Waals surface area contributed by atoms with E-state index >= 15 is 0 Å². The highest BCUT2D eigenvalue weighted by molar-refractivity contribution is 6.20. The molecule has 0 bridgehead atoms. The number of hydrogen-bond acceptors (Lipinski definition) is 2. The van der Waals surface area contributed by atoms with E-state index in [1.807, 2.05) is 18.2 Å². The maximum Gasteiger partial charge on any atom is 0.160 e. The van der Waals surface area contributed by atoms with Gasteiger partial charge < -0.3 is 0 Å². The summed E-state index contributed by atoms with van der Waals surface area (Å²) in [5.41, 5.74) is 9.64. The maximum atomic E-state index is 5.14. The van der Waals surface area contributed by atoms with E-state index in [9.17, 15) is 0 Å². The van der Waals surface area contributed by atoms with Crippen LogP contribution in [0.3, 0.4) is 0 Å². The van der Waals surface area contributed by atoms with Crippen molar-refractivity contribution in [3.63, 3.8) is 0 Å². The molecule has 0 aliphatic carbocycles. The zero-order valence-electron chi connectivity index (χ0n) is 28.4. The van der Waals surface area contributed by atoms with Gasteiger partial charge in [0.1, 0.15) is 0 Å². The van der Waals surface area contributed by atoms with Gasteiger partial charge in [0.15, 0.2) is 5.82 Å². The van der Waals surface area contributed by atoms with Crippen LogP contribution in [-0.2, 0) is 0 Å². The van der Waals surface area contributed by atoms with Gasteiger partial charge in [0.25, 0.3) is 0 Å². The molecule has 0 N–H and O–H groups in total. The summed E-state index contributed by atoms with van der Waals surface area (Å²) in [6.45, 7) is 0. The minimum Gasteiger partial charge on any atom is -0.228 e. The Labute approximate surface area is 302 Å². The summed E-state index contributed by atoms with van der Waals surface area (Å²) >= 11 is 0. The topological polar surface area (TPSA) is 25.8 Å². The van der Waals surface area contributed by atoms with E-state index in [1.54, 1.807) is 0 Å². The van der Waals surface area contributed by atoms with Crippen LogP contribution in [0, 0.1) is 0 Å². The lowest BCUT2D eigenvalue weighted by Gasteiger charge is -2.15. The molecule has 10 rings (SSSR count). The summed E-state index contributed by atoms with van der Waals surface area (Å²) < 4.78 is 0. The Morgan fingerprint density at radius 1 is 0.250 bits per heavy atom. The van der Waals surface area contributed by atoms with E-state index in [-0.39, 0.29) is 0 Å². The van der Waals surface area contributed by atoms with Crippen molar-refractivity contribution in [3.05, 3.63) is 194 Å². The van der Waals surface area contributed by atoms with Crippen LogP contribution in [0.1, 0.15) is 0 Å². The summed E-state index contributed by atoms with van der Waals surface area (Å²) in [4.78, 5) is 10.3. The first-order valence-corrected chi connectivity index (χ1v) is 17.7. The normalized spacial score (nSPS) is 11.5. The molecule has 0 saturated heterocycles. The van der Waals surface area contributed by atoms with Gasteiger partial charge in [0, 0.05) is 16.7 Å². The third-order valence-electron chi connectivity index (χ3n) is 10.2. The van der Waals surface area contributed by atoms with Gasteiger partial charge in [0.2, 0.25) is 0 Å². The van der Waals surface area contributed by atoms with E-state index in [1.165, 1.54) is 59.8 Å². The SMILES string of the molecule is c1ccc(-c2nc(-c3ccc(-c4c5ccccc5cc5c4ccc4ccccc45)cc3)cc(-c3cccc(-c4ccc5ccccc5c4)c3)n2)cc1. The lowest BCUT2D eigenvalue weighted by Crippen LogP contribution is -1.96. The van der Waals surface area contributed by atoms with Gasteiger partial charge in [-0.2, -0.15) is 0 Å². The molecule has 52 heavy (non-hydrogen) atoms. The van der Waals surface area contributed by atoms with Gasteiger partial charge in [-0.1, -0.05) is 170 Å². The second-order valence-electron chi connectivity index (χ2n) is 13.4. The molecule has 2 nitrogen and oxygen atoms in total. The summed E-state index contributed by atoms with van der Waals surface area (Å²) in [7, 11) is 0. The lowest BCUT2D eigenvalue weighted by molar-refractivity contribution is 1.18. The molecule has 242 valence electrons. The Kier molecular flexibility index (Phi) is 7.18. The molecule has 10 aromatic rings. The van der Waals surface area contributed by atoms with Crippen LogP contribution in [0.4, 0.5) is 0 Å². The van der Waals surface area contributed by atoms with Gasteiger partial charge in [-0.3, -0.25) is 0 Å². The second kappa shape index (κ2) is 12.5. The average Bonchev–Trinajstić information content (AvgIpc) is 3.23. The Morgan fingerprint density at radius 2 is 0.827 bits per heavy atom. The number of hydrogen-bond donors (Lipinski definition) is 0. The standard InChI is InChI=1S/C50H32N2/c1-2-13-37(14-3-1)50-51-47(32-48(52-50)42-18-10-17-39(30-42)40-26-21-33-11-4-5-15-38(33)29-40)35-22-24-36(25-23-35)49-44-20-9-7-16-41(44)31-46-43-19-8-6-12-34(43)27-28-45(46)49/h1-32H. The number of rotatable bonds is 5. The first kappa shape index (κ1) is 30.0. The number of aromatic nitrogens is 2. The van der Waals surface area contributed by atoms with Crippen molar-refractivity contribution in [3.8, 4) is 56.2 Å². The van der Waals surface area contributed by atoms with E-state index in [2.05, 4.69) is 176 Å². The van der Waals surface area contributed by atoms with Crippen LogP contribution in [0.2, 0.25) is 0 Å². The minimum absolute atomic E-state index is 0.709. The summed E-state index contributed by atoms with van der Waals surface area (Å²) in [6, 6.07) is 69.4. The molecular formula is C50H32N2. The Balaban J connectivity index is 1.10. The number of nitrogens with zero attached hydrogens (tertiary/aromatic N) is 2. The first-order valence-electron chi connectivity index (χ1n) is 17.7. The predicted molar refractivity (Wildman–Crippen MR) is 219 cm³/mol. The zero-order chi connectivity index (χ0) is 34.4. The molecule has 0 atom stereocenters. The van der Waals surface area contributed by atoms with Crippen molar-refractivity contribution in [1.29, 1.82) is 0 Å². The van der Waals surface area contributed by atoms with Gasteiger partial charge in [0.05, 0.1) is 11.4 Å². The van der Waals surface area contributed by atoms with Crippen molar-refractivity contribution in [2.75, 3.05) is 0 Å². The molecule has 1 aromatic heterocycles. The highest BCUT2D eigenvalue weighted by atomic mass is 14.9. The van der Waals surface area contributed by atoms with E-state index < -0.39 is 0 Å².